The zero-order valence-electron chi connectivity index (χ0n) is 17.4. The molecule has 31 heavy (non-hydrogen) atoms. The molecular weight excluding hydrogens is 743 g/mol. The molecule has 0 aromatic heterocycles. The molecule has 1 aromatic carbocycles. The van der Waals surface area contributed by atoms with Crippen molar-refractivity contribution in [1.29, 1.82) is 0 Å². The molecule has 0 unspecified atom stereocenters. The molecule has 1 heterocycles. The molecule has 1 atom stereocenters. The second kappa shape index (κ2) is 11.4. The number of carbonyl (C=O) groups excluding carboxylic acids is 3. The summed E-state index contributed by atoms with van der Waals surface area (Å²) >= 11 is 6.08. The van der Waals surface area contributed by atoms with Crippen LogP contribution < -0.4 is 10.2 Å². The molecule has 0 radical (unpaired) electrons. The monoisotopic (exact) mass is 767 g/mol. The maximum atomic E-state index is 13.6. The zero-order valence-corrected chi connectivity index (χ0v) is 23.9. The number of amides is 3. The minimum absolute atomic E-state index is 0.121. The van der Waals surface area contributed by atoms with Crippen molar-refractivity contribution < 1.29 is 24.3 Å². The van der Waals surface area contributed by atoms with Gasteiger partial charge in [0.15, 0.2) is 0 Å². The van der Waals surface area contributed by atoms with Crippen molar-refractivity contribution >= 4 is 97.2 Å². The van der Waals surface area contributed by atoms with Crippen molar-refractivity contribution in [2.24, 2.45) is 0 Å². The SMILES string of the molecule is CCNC(=O)c1c(I)c(C(=O)N2CCC[C@H]2C(=O)O)c(I)c(N(CC)C(=O)CC)c1I. The summed E-state index contributed by atoms with van der Waals surface area (Å²) in [5.74, 6) is -1.92. The van der Waals surface area contributed by atoms with E-state index in [1.807, 2.05) is 52.1 Å². The lowest BCUT2D eigenvalue weighted by atomic mass is 10.1. The van der Waals surface area contributed by atoms with Crippen LogP contribution in [-0.4, -0.2) is 59.4 Å². The summed E-state index contributed by atoms with van der Waals surface area (Å²) in [6.07, 6.45) is 1.27. The number of carbonyl (C=O) groups is 4. The first kappa shape index (κ1) is 26.5. The highest BCUT2D eigenvalue weighted by Crippen LogP contribution is 2.39. The van der Waals surface area contributed by atoms with Crippen LogP contribution in [0.1, 0.15) is 60.7 Å². The maximum Gasteiger partial charge on any atom is 0.326 e. The van der Waals surface area contributed by atoms with Gasteiger partial charge in [0.05, 0.1) is 24.0 Å². The molecule has 1 saturated heterocycles. The van der Waals surface area contributed by atoms with Crippen LogP contribution >= 0.6 is 67.8 Å². The predicted octanol–water partition coefficient (Wildman–Crippen LogP) is 3.70. The number of hydrogen-bond acceptors (Lipinski definition) is 4. The van der Waals surface area contributed by atoms with Crippen LogP contribution in [0.25, 0.3) is 0 Å². The minimum atomic E-state index is -1.04. The Morgan fingerprint density at radius 1 is 1.06 bits per heavy atom. The third-order valence-electron chi connectivity index (χ3n) is 5.06. The van der Waals surface area contributed by atoms with Crippen molar-refractivity contribution in [2.75, 3.05) is 24.5 Å². The molecule has 3 amide bonds. The third kappa shape index (κ3) is 5.28. The molecule has 0 bridgehead atoms. The Hall–Kier alpha value is -0.710. The van der Waals surface area contributed by atoms with E-state index >= 15 is 0 Å². The van der Waals surface area contributed by atoms with Crippen LogP contribution in [0.5, 0.6) is 0 Å². The predicted molar refractivity (Wildman–Crippen MR) is 143 cm³/mol. The summed E-state index contributed by atoms with van der Waals surface area (Å²) in [5.41, 5.74) is 1.12. The molecule has 1 aliphatic heterocycles. The Balaban J connectivity index is 2.81. The number of nitrogens with zero attached hydrogens (tertiary/aromatic N) is 2. The third-order valence-corrected chi connectivity index (χ3v) is 8.24. The number of carboxylic acid groups (broad SMARTS) is 1. The van der Waals surface area contributed by atoms with Gasteiger partial charge >= 0.3 is 5.97 Å². The van der Waals surface area contributed by atoms with Crippen molar-refractivity contribution in [1.82, 2.24) is 10.2 Å². The highest BCUT2D eigenvalue weighted by Gasteiger charge is 2.38. The van der Waals surface area contributed by atoms with Gasteiger partial charge in [-0.1, -0.05) is 6.92 Å². The van der Waals surface area contributed by atoms with Crippen LogP contribution in [0.3, 0.4) is 0 Å². The van der Waals surface area contributed by atoms with E-state index in [0.717, 1.165) is 0 Å². The number of anilines is 1. The van der Waals surface area contributed by atoms with Crippen LogP contribution in [0.4, 0.5) is 5.69 Å². The molecular formula is C20H24I3N3O5. The zero-order chi connectivity index (χ0) is 23.5. The maximum absolute atomic E-state index is 13.6. The summed E-state index contributed by atoms with van der Waals surface area (Å²) in [6.45, 7) is 6.53. The lowest BCUT2D eigenvalue weighted by molar-refractivity contribution is -0.141. The number of benzene rings is 1. The number of rotatable bonds is 7. The molecule has 1 aliphatic rings. The number of likely N-dealkylation sites (tertiary alicyclic amines) is 1. The van der Waals surface area contributed by atoms with Gasteiger partial charge in [-0.15, -0.1) is 0 Å². The second-order valence-electron chi connectivity index (χ2n) is 6.89. The Morgan fingerprint density at radius 2 is 1.68 bits per heavy atom. The summed E-state index contributed by atoms with van der Waals surface area (Å²) in [6, 6.07) is -0.894. The summed E-state index contributed by atoms with van der Waals surface area (Å²) in [4.78, 5) is 53.8. The van der Waals surface area contributed by atoms with Crippen molar-refractivity contribution in [3.05, 3.63) is 21.8 Å². The van der Waals surface area contributed by atoms with Gasteiger partial charge in [0.25, 0.3) is 11.8 Å². The normalized spacial score (nSPS) is 15.7. The van der Waals surface area contributed by atoms with E-state index in [0.29, 0.717) is 54.4 Å². The van der Waals surface area contributed by atoms with E-state index in [2.05, 4.69) is 27.9 Å². The summed E-state index contributed by atoms with van der Waals surface area (Å²) in [7, 11) is 0. The van der Waals surface area contributed by atoms with Crippen molar-refractivity contribution in [3.63, 3.8) is 0 Å². The van der Waals surface area contributed by atoms with Gasteiger partial charge in [0.2, 0.25) is 5.91 Å². The Kier molecular flexibility index (Phi) is 9.78. The fourth-order valence-electron chi connectivity index (χ4n) is 3.58. The first-order valence-corrected chi connectivity index (χ1v) is 13.2. The second-order valence-corrected chi connectivity index (χ2v) is 10.1. The number of carboxylic acids is 1. The van der Waals surface area contributed by atoms with E-state index in [9.17, 15) is 24.3 Å². The van der Waals surface area contributed by atoms with Crippen molar-refractivity contribution in [3.8, 4) is 0 Å². The van der Waals surface area contributed by atoms with E-state index in [-0.39, 0.29) is 23.8 Å². The van der Waals surface area contributed by atoms with Crippen LogP contribution in [-0.2, 0) is 9.59 Å². The lowest BCUT2D eigenvalue weighted by Crippen LogP contribution is -2.42. The van der Waals surface area contributed by atoms with Gasteiger partial charge in [0, 0.05) is 29.6 Å². The molecule has 2 N–H and O–H groups in total. The highest BCUT2D eigenvalue weighted by molar-refractivity contribution is 14.1. The standard InChI is InChI=1S/C20H24I3N3O5/c1-4-11(27)25(6-3)17-15(22)12(18(28)24-5-2)14(21)13(16(17)23)19(29)26-9-7-8-10(26)20(30)31/h10H,4-9H2,1-3H3,(H,24,28)(H,30,31)/t10-/m0/s1. The molecule has 0 aliphatic carbocycles. The molecule has 11 heteroatoms. The van der Waals surface area contributed by atoms with Gasteiger partial charge < -0.3 is 20.2 Å². The van der Waals surface area contributed by atoms with Crippen LogP contribution in [0.15, 0.2) is 0 Å². The summed E-state index contributed by atoms with van der Waals surface area (Å²) < 4.78 is 1.60. The molecule has 1 aromatic rings. The van der Waals surface area contributed by atoms with Gasteiger partial charge in [-0.3, -0.25) is 14.4 Å². The number of nitrogens with one attached hydrogen (secondary N) is 1. The molecule has 0 saturated carbocycles. The topological polar surface area (TPSA) is 107 Å². The molecule has 0 spiro atoms. The highest BCUT2D eigenvalue weighted by atomic mass is 127. The summed E-state index contributed by atoms with van der Waals surface area (Å²) in [5, 5.41) is 12.3. The molecule has 1 fully saturated rings. The quantitative estimate of drug-likeness (QED) is 0.412. The van der Waals surface area contributed by atoms with E-state index in [1.54, 1.807) is 18.7 Å². The van der Waals surface area contributed by atoms with Crippen LogP contribution in [0, 0.1) is 10.7 Å². The van der Waals surface area contributed by atoms with Crippen molar-refractivity contribution in [2.45, 2.75) is 46.1 Å². The minimum Gasteiger partial charge on any atom is -0.480 e. The average molecular weight is 767 g/mol. The van der Waals surface area contributed by atoms with E-state index < -0.39 is 17.9 Å². The largest absolute Gasteiger partial charge is 0.480 e. The Labute approximate surface area is 222 Å². The first-order valence-electron chi connectivity index (χ1n) is 9.94. The molecule has 8 nitrogen and oxygen atoms in total. The van der Waals surface area contributed by atoms with Gasteiger partial charge in [-0.2, -0.15) is 0 Å². The Bertz CT molecular complexity index is 922. The first-order chi connectivity index (χ1) is 14.6. The molecule has 2 rings (SSSR count). The Morgan fingerprint density at radius 3 is 2.19 bits per heavy atom. The number of aliphatic carboxylic acids is 1. The van der Waals surface area contributed by atoms with E-state index in [1.165, 1.54) is 4.90 Å². The van der Waals surface area contributed by atoms with Gasteiger partial charge in [0.1, 0.15) is 6.04 Å². The van der Waals surface area contributed by atoms with Crippen LogP contribution in [0.2, 0.25) is 0 Å². The average Bonchev–Trinajstić information content (AvgIpc) is 3.21. The molecule has 170 valence electrons. The van der Waals surface area contributed by atoms with Gasteiger partial charge in [-0.25, -0.2) is 4.79 Å². The van der Waals surface area contributed by atoms with E-state index in [4.69, 9.17) is 0 Å². The fourth-order valence-corrected chi connectivity index (χ4v) is 8.28. The lowest BCUT2D eigenvalue weighted by Gasteiger charge is -2.29. The smallest absolute Gasteiger partial charge is 0.326 e. The number of halogens is 3. The number of hydrogen-bond donors (Lipinski definition) is 2. The van der Waals surface area contributed by atoms with Gasteiger partial charge in [-0.05, 0) is 94.5 Å². The fraction of sp³-hybridized carbons (Fsp3) is 0.500.